The van der Waals surface area contributed by atoms with E-state index < -0.39 is 5.41 Å². The van der Waals surface area contributed by atoms with E-state index in [0.717, 1.165) is 16.7 Å². The molecule has 0 saturated carbocycles. The average molecular weight is 319 g/mol. The Morgan fingerprint density at radius 3 is 3.04 bits per heavy atom. The Bertz CT molecular complexity index is 865. The maximum atomic E-state index is 10.4. The Balaban J connectivity index is 1.86. The number of aromatic hydroxyl groups is 1. The maximum Gasteiger partial charge on any atom is 0.131 e. The lowest BCUT2D eigenvalue weighted by Gasteiger charge is -2.43. The second-order valence-corrected chi connectivity index (χ2v) is 6.47. The predicted octanol–water partition coefficient (Wildman–Crippen LogP) is 2.30. The SMILES string of the molecule is N#C[C@]12CC=CC3=CO[C@H](Cc4cc(C#CCCO)c(O)cc41)[C@@H]32. The zero-order valence-corrected chi connectivity index (χ0v) is 13.1. The Labute approximate surface area is 140 Å². The molecular weight excluding hydrogens is 302 g/mol. The first-order chi connectivity index (χ1) is 11.7. The molecule has 1 aliphatic heterocycles. The first-order valence-corrected chi connectivity index (χ1v) is 8.09. The Morgan fingerprint density at radius 2 is 2.25 bits per heavy atom. The number of ether oxygens (including phenoxy) is 1. The van der Waals surface area contributed by atoms with Crippen LogP contribution in [0, 0.1) is 29.1 Å². The number of nitriles is 1. The number of aliphatic hydroxyl groups excluding tert-OH is 1. The summed E-state index contributed by atoms with van der Waals surface area (Å²) in [5, 5.41) is 29.2. The van der Waals surface area contributed by atoms with Crippen molar-refractivity contribution in [2.24, 2.45) is 5.92 Å². The Hall–Kier alpha value is -2.69. The summed E-state index contributed by atoms with van der Waals surface area (Å²) in [6, 6.07) is 6.09. The standard InChI is InChI=1S/C20H17NO3/c21-12-20-6-3-5-14-11-24-18(19(14)20)9-15-8-13(4-1-2-7-22)17(23)10-16(15)20/h3,5,8,10-11,18-19,22-23H,2,6-7,9H2/t18-,19-,20-/m1/s1. The van der Waals surface area contributed by atoms with Crippen LogP contribution in [0.2, 0.25) is 0 Å². The fourth-order valence-electron chi connectivity index (χ4n) is 4.15. The van der Waals surface area contributed by atoms with E-state index >= 15 is 0 Å². The molecule has 1 aromatic carbocycles. The van der Waals surface area contributed by atoms with E-state index in [0.29, 0.717) is 24.8 Å². The van der Waals surface area contributed by atoms with Gasteiger partial charge in [0.1, 0.15) is 11.9 Å². The highest BCUT2D eigenvalue weighted by Gasteiger charge is 2.54. The zero-order valence-electron chi connectivity index (χ0n) is 13.1. The molecular formula is C20H17NO3. The van der Waals surface area contributed by atoms with Crippen molar-refractivity contribution in [2.75, 3.05) is 6.61 Å². The minimum absolute atomic E-state index is 0.00534. The highest BCUT2D eigenvalue weighted by Crippen LogP contribution is 2.53. The quantitative estimate of drug-likeness (QED) is 0.779. The molecule has 3 atom stereocenters. The fraction of sp³-hybridized carbons (Fsp3) is 0.350. The van der Waals surface area contributed by atoms with Gasteiger partial charge in [0, 0.05) is 18.8 Å². The molecule has 0 amide bonds. The van der Waals surface area contributed by atoms with Crippen LogP contribution in [-0.2, 0) is 16.6 Å². The summed E-state index contributed by atoms with van der Waals surface area (Å²) in [7, 11) is 0. The highest BCUT2D eigenvalue weighted by atomic mass is 16.5. The van der Waals surface area contributed by atoms with Crippen LogP contribution in [0.25, 0.3) is 0 Å². The molecule has 120 valence electrons. The molecule has 0 saturated heterocycles. The van der Waals surface area contributed by atoms with Gasteiger partial charge < -0.3 is 14.9 Å². The van der Waals surface area contributed by atoms with Gasteiger partial charge in [-0.3, -0.25) is 0 Å². The average Bonchev–Trinajstić information content (AvgIpc) is 3.01. The summed E-state index contributed by atoms with van der Waals surface area (Å²) < 4.78 is 5.83. The number of nitrogens with zero attached hydrogens (tertiary/aromatic N) is 1. The molecule has 0 radical (unpaired) electrons. The molecule has 1 aromatic rings. The van der Waals surface area contributed by atoms with E-state index in [2.05, 4.69) is 17.9 Å². The molecule has 0 spiro atoms. The third-order valence-corrected chi connectivity index (χ3v) is 5.17. The highest BCUT2D eigenvalue weighted by molar-refractivity contribution is 5.58. The van der Waals surface area contributed by atoms with Gasteiger partial charge in [-0.1, -0.05) is 24.0 Å². The van der Waals surface area contributed by atoms with Gasteiger partial charge in [0.05, 0.1) is 29.9 Å². The molecule has 1 heterocycles. The van der Waals surface area contributed by atoms with Crippen LogP contribution in [0.3, 0.4) is 0 Å². The molecule has 4 nitrogen and oxygen atoms in total. The van der Waals surface area contributed by atoms with Gasteiger partial charge in [-0.05, 0) is 35.3 Å². The topological polar surface area (TPSA) is 73.5 Å². The van der Waals surface area contributed by atoms with Crippen molar-refractivity contribution in [1.82, 2.24) is 0 Å². The van der Waals surface area contributed by atoms with Crippen molar-refractivity contribution >= 4 is 0 Å². The number of hydrogen-bond acceptors (Lipinski definition) is 4. The number of allylic oxidation sites excluding steroid dienone is 2. The number of phenols is 1. The lowest BCUT2D eigenvalue weighted by molar-refractivity contribution is 0.0966. The zero-order chi connectivity index (χ0) is 16.7. The van der Waals surface area contributed by atoms with Crippen LogP contribution in [-0.4, -0.2) is 22.9 Å². The molecule has 0 unspecified atom stereocenters. The van der Waals surface area contributed by atoms with Gasteiger partial charge >= 0.3 is 0 Å². The molecule has 0 bridgehead atoms. The third kappa shape index (κ3) is 1.97. The summed E-state index contributed by atoms with van der Waals surface area (Å²) in [5.41, 5.74) is 2.80. The molecule has 0 aromatic heterocycles. The van der Waals surface area contributed by atoms with E-state index in [4.69, 9.17) is 9.84 Å². The van der Waals surface area contributed by atoms with Crippen LogP contribution in [0.15, 0.2) is 36.1 Å². The van der Waals surface area contributed by atoms with E-state index in [1.807, 2.05) is 18.2 Å². The van der Waals surface area contributed by atoms with Gasteiger partial charge in [-0.25, -0.2) is 0 Å². The van der Waals surface area contributed by atoms with Gasteiger partial charge in [0.2, 0.25) is 0 Å². The fourth-order valence-corrected chi connectivity index (χ4v) is 4.15. The molecule has 4 heteroatoms. The number of aliphatic hydroxyl groups is 1. The van der Waals surface area contributed by atoms with Gasteiger partial charge in [0.25, 0.3) is 0 Å². The Morgan fingerprint density at radius 1 is 1.38 bits per heavy atom. The van der Waals surface area contributed by atoms with Crippen molar-refractivity contribution in [3.63, 3.8) is 0 Å². The van der Waals surface area contributed by atoms with Crippen LogP contribution >= 0.6 is 0 Å². The lowest BCUT2D eigenvalue weighted by atomic mass is 9.57. The van der Waals surface area contributed by atoms with Crippen LogP contribution in [0.5, 0.6) is 5.75 Å². The van der Waals surface area contributed by atoms with Crippen LogP contribution in [0.1, 0.15) is 29.5 Å². The smallest absolute Gasteiger partial charge is 0.131 e. The van der Waals surface area contributed by atoms with Crippen LogP contribution in [0.4, 0.5) is 0 Å². The van der Waals surface area contributed by atoms with Crippen molar-refractivity contribution in [3.8, 4) is 23.7 Å². The summed E-state index contributed by atoms with van der Waals surface area (Å²) in [4.78, 5) is 0. The van der Waals surface area contributed by atoms with Gasteiger partial charge in [-0.2, -0.15) is 5.26 Å². The van der Waals surface area contributed by atoms with Crippen LogP contribution < -0.4 is 0 Å². The van der Waals surface area contributed by atoms with Gasteiger partial charge in [0.15, 0.2) is 0 Å². The molecule has 2 aliphatic carbocycles. The largest absolute Gasteiger partial charge is 0.507 e. The van der Waals surface area contributed by atoms with Crippen molar-refractivity contribution < 1.29 is 14.9 Å². The minimum atomic E-state index is -0.691. The van der Waals surface area contributed by atoms with Crippen molar-refractivity contribution in [2.45, 2.75) is 30.8 Å². The first kappa shape index (κ1) is 14.9. The van der Waals surface area contributed by atoms with E-state index in [9.17, 15) is 10.4 Å². The number of benzene rings is 1. The minimum Gasteiger partial charge on any atom is -0.507 e. The number of fused-ring (bicyclic) bond motifs is 2. The maximum absolute atomic E-state index is 10.4. The second-order valence-electron chi connectivity index (χ2n) is 6.47. The number of rotatable bonds is 1. The van der Waals surface area contributed by atoms with E-state index in [-0.39, 0.29) is 24.4 Å². The second kappa shape index (κ2) is 5.44. The lowest BCUT2D eigenvalue weighted by Crippen LogP contribution is -2.46. The predicted molar refractivity (Wildman–Crippen MR) is 87.9 cm³/mol. The molecule has 4 rings (SSSR count). The number of hydrogen-bond donors (Lipinski definition) is 2. The molecule has 2 N–H and O–H groups in total. The summed E-state index contributed by atoms with van der Waals surface area (Å²) in [6.45, 7) is -0.00534. The Kier molecular flexibility index (Phi) is 3.37. The van der Waals surface area contributed by atoms with E-state index in [1.165, 1.54) is 0 Å². The van der Waals surface area contributed by atoms with Gasteiger partial charge in [-0.15, -0.1) is 0 Å². The van der Waals surface area contributed by atoms with E-state index in [1.54, 1.807) is 12.3 Å². The summed E-state index contributed by atoms with van der Waals surface area (Å²) in [6.07, 6.45) is 7.47. The molecule has 24 heavy (non-hydrogen) atoms. The van der Waals surface area contributed by atoms with Crippen molar-refractivity contribution in [3.05, 3.63) is 52.8 Å². The monoisotopic (exact) mass is 319 g/mol. The normalized spacial score (nSPS) is 28.6. The molecule has 0 fully saturated rings. The molecule has 3 aliphatic rings. The third-order valence-electron chi connectivity index (χ3n) is 5.17. The first-order valence-electron chi connectivity index (χ1n) is 8.09. The summed E-state index contributed by atoms with van der Waals surface area (Å²) in [5.74, 6) is 5.84. The summed E-state index contributed by atoms with van der Waals surface area (Å²) >= 11 is 0. The number of phenolic OH excluding ortho intramolecular Hbond substituents is 1. The van der Waals surface area contributed by atoms with Crippen molar-refractivity contribution in [1.29, 1.82) is 5.26 Å².